The summed E-state index contributed by atoms with van der Waals surface area (Å²) >= 11 is 4.56. The predicted octanol–water partition coefficient (Wildman–Crippen LogP) is 6.87. The summed E-state index contributed by atoms with van der Waals surface area (Å²) in [7, 11) is 0. The molecule has 31 heavy (non-hydrogen) atoms. The lowest BCUT2D eigenvalue weighted by Gasteiger charge is -2.14. The first-order valence-electron chi connectivity index (χ1n) is 10.1. The van der Waals surface area contributed by atoms with Crippen molar-refractivity contribution in [3.63, 3.8) is 0 Å². The molecule has 0 aliphatic carbocycles. The Kier molecular flexibility index (Phi) is 6.49. The average molecular weight is 496 g/mol. The molecule has 0 bridgehead atoms. The lowest BCUT2D eigenvalue weighted by molar-refractivity contribution is -0.123. The monoisotopic (exact) mass is 495 g/mol. The summed E-state index contributed by atoms with van der Waals surface area (Å²) in [5.41, 5.74) is 1.95. The maximum absolute atomic E-state index is 12.6. The molecule has 6 heteroatoms. The molecule has 158 valence electrons. The maximum atomic E-state index is 12.6. The Morgan fingerprint density at radius 2 is 1.84 bits per heavy atom. The number of fused-ring (bicyclic) bond motifs is 1. The summed E-state index contributed by atoms with van der Waals surface area (Å²) in [5.74, 6) is 0.731. The van der Waals surface area contributed by atoms with Gasteiger partial charge in [0.1, 0.15) is 12.4 Å². The highest BCUT2D eigenvalue weighted by atomic mass is 79.9. The van der Waals surface area contributed by atoms with Crippen molar-refractivity contribution in [3.8, 4) is 5.75 Å². The SMILES string of the molecule is CC(C)CN1C(=O)SC(=Cc2ccc(OCc3cccc4ccccc34)c(Br)c2)C1=O. The van der Waals surface area contributed by atoms with Crippen molar-refractivity contribution < 1.29 is 14.3 Å². The van der Waals surface area contributed by atoms with Gasteiger partial charge in [0, 0.05) is 6.54 Å². The molecule has 3 aromatic rings. The second-order valence-electron chi connectivity index (χ2n) is 7.80. The van der Waals surface area contributed by atoms with Crippen LogP contribution in [-0.2, 0) is 11.4 Å². The summed E-state index contributed by atoms with van der Waals surface area (Å²) in [6.07, 6.45) is 1.75. The van der Waals surface area contributed by atoms with E-state index in [9.17, 15) is 9.59 Å². The highest BCUT2D eigenvalue weighted by molar-refractivity contribution is 9.10. The van der Waals surface area contributed by atoms with Gasteiger partial charge in [-0.2, -0.15) is 0 Å². The number of rotatable bonds is 6. The van der Waals surface area contributed by atoms with Crippen molar-refractivity contribution in [3.05, 3.63) is 81.2 Å². The molecule has 0 radical (unpaired) electrons. The van der Waals surface area contributed by atoms with E-state index in [1.807, 2.05) is 50.2 Å². The third kappa shape index (κ3) is 4.86. The molecule has 4 nitrogen and oxygen atoms in total. The van der Waals surface area contributed by atoms with Crippen LogP contribution < -0.4 is 4.74 Å². The fraction of sp³-hybridized carbons (Fsp3) is 0.200. The van der Waals surface area contributed by atoms with Crippen LogP contribution in [0.15, 0.2) is 70.0 Å². The first-order valence-corrected chi connectivity index (χ1v) is 11.7. The molecule has 2 amide bonds. The molecule has 3 aromatic carbocycles. The Labute approximate surface area is 194 Å². The lowest BCUT2D eigenvalue weighted by Crippen LogP contribution is -2.31. The van der Waals surface area contributed by atoms with Crippen molar-refractivity contribution >= 4 is 55.7 Å². The fourth-order valence-corrected chi connectivity index (χ4v) is 4.83. The molecule has 1 aliphatic heterocycles. The molecule has 1 aliphatic rings. The number of imide groups is 1. The van der Waals surface area contributed by atoms with E-state index in [2.05, 4.69) is 40.2 Å². The van der Waals surface area contributed by atoms with Gasteiger partial charge in [0.25, 0.3) is 11.1 Å². The van der Waals surface area contributed by atoms with Crippen LogP contribution in [0.25, 0.3) is 16.8 Å². The van der Waals surface area contributed by atoms with Crippen LogP contribution >= 0.6 is 27.7 Å². The van der Waals surface area contributed by atoms with Gasteiger partial charge in [0.2, 0.25) is 0 Å². The third-order valence-corrected chi connectivity index (χ3v) is 6.47. The minimum atomic E-state index is -0.226. The van der Waals surface area contributed by atoms with E-state index >= 15 is 0 Å². The summed E-state index contributed by atoms with van der Waals surface area (Å²) in [6, 6.07) is 20.1. The molecule has 0 aromatic heterocycles. The van der Waals surface area contributed by atoms with Gasteiger partial charge in [-0.3, -0.25) is 14.5 Å². The number of amides is 2. The van der Waals surface area contributed by atoms with Gasteiger partial charge in [-0.05, 0) is 73.7 Å². The van der Waals surface area contributed by atoms with E-state index in [0.717, 1.165) is 33.1 Å². The van der Waals surface area contributed by atoms with Crippen molar-refractivity contribution in [1.29, 1.82) is 0 Å². The number of halogens is 1. The van der Waals surface area contributed by atoms with Crippen LogP contribution in [0, 0.1) is 5.92 Å². The van der Waals surface area contributed by atoms with Gasteiger partial charge in [-0.1, -0.05) is 62.4 Å². The topological polar surface area (TPSA) is 46.6 Å². The highest BCUT2D eigenvalue weighted by Crippen LogP contribution is 2.34. The van der Waals surface area contributed by atoms with Crippen LogP contribution in [0.1, 0.15) is 25.0 Å². The zero-order valence-corrected chi connectivity index (χ0v) is 19.7. The number of thioether (sulfide) groups is 1. The van der Waals surface area contributed by atoms with Crippen LogP contribution in [0.3, 0.4) is 0 Å². The summed E-state index contributed by atoms with van der Waals surface area (Å²) in [6.45, 7) is 4.86. The van der Waals surface area contributed by atoms with Crippen LogP contribution in [-0.4, -0.2) is 22.6 Å². The molecular formula is C25H22BrNO3S. The van der Waals surface area contributed by atoms with E-state index in [1.165, 1.54) is 15.7 Å². The zero-order chi connectivity index (χ0) is 22.0. The second-order valence-corrected chi connectivity index (χ2v) is 9.65. The Balaban J connectivity index is 1.49. The average Bonchev–Trinajstić information content (AvgIpc) is 3.00. The fourth-order valence-electron chi connectivity index (χ4n) is 3.47. The summed E-state index contributed by atoms with van der Waals surface area (Å²) < 4.78 is 6.85. The Hall–Kier alpha value is -2.57. The number of carbonyl (C=O) groups is 2. The van der Waals surface area contributed by atoms with Crippen molar-refractivity contribution in [2.75, 3.05) is 6.54 Å². The Morgan fingerprint density at radius 3 is 2.61 bits per heavy atom. The van der Waals surface area contributed by atoms with Crippen molar-refractivity contribution in [2.45, 2.75) is 20.5 Å². The number of hydrogen-bond acceptors (Lipinski definition) is 4. The molecule has 0 saturated carbocycles. The third-order valence-electron chi connectivity index (χ3n) is 4.94. The van der Waals surface area contributed by atoms with Crippen molar-refractivity contribution in [1.82, 2.24) is 4.90 Å². The standard InChI is InChI=1S/C25H22BrNO3S/c1-16(2)14-27-24(28)23(31-25(27)29)13-17-10-11-22(21(26)12-17)30-15-19-8-5-7-18-6-3-4-9-20(18)19/h3-13,16H,14-15H2,1-2H3. The predicted molar refractivity (Wildman–Crippen MR) is 130 cm³/mol. The van der Waals surface area contributed by atoms with Gasteiger partial charge < -0.3 is 4.74 Å². The molecule has 1 saturated heterocycles. The molecule has 1 heterocycles. The van der Waals surface area contributed by atoms with E-state index in [-0.39, 0.29) is 17.1 Å². The number of hydrogen-bond donors (Lipinski definition) is 0. The van der Waals surface area contributed by atoms with Gasteiger partial charge in [-0.15, -0.1) is 0 Å². The highest BCUT2D eigenvalue weighted by Gasteiger charge is 2.35. The van der Waals surface area contributed by atoms with E-state index in [1.54, 1.807) is 6.08 Å². The molecule has 0 N–H and O–H groups in total. The van der Waals surface area contributed by atoms with Gasteiger partial charge in [0.15, 0.2) is 0 Å². The van der Waals surface area contributed by atoms with E-state index < -0.39 is 0 Å². The van der Waals surface area contributed by atoms with E-state index in [0.29, 0.717) is 18.1 Å². The molecule has 0 spiro atoms. The summed E-state index contributed by atoms with van der Waals surface area (Å²) in [5, 5.41) is 2.15. The van der Waals surface area contributed by atoms with Gasteiger partial charge in [0.05, 0.1) is 9.38 Å². The van der Waals surface area contributed by atoms with Crippen LogP contribution in [0.2, 0.25) is 0 Å². The smallest absolute Gasteiger partial charge is 0.293 e. The van der Waals surface area contributed by atoms with Crippen LogP contribution in [0.5, 0.6) is 5.75 Å². The van der Waals surface area contributed by atoms with Crippen molar-refractivity contribution in [2.24, 2.45) is 5.92 Å². The molecule has 1 fully saturated rings. The minimum Gasteiger partial charge on any atom is -0.488 e. The van der Waals surface area contributed by atoms with Gasteiger partial charge in [-0.25, -0.2) is 0 Å². The minimum absolute atomic E-state index is 0.209. The Morgan fingerprint density at radius 1 is 1.06 bits per heavy atom. The quantitative estimate of drug-likeness (QED) is 0.350. The van der Waals surface area contributed by atoms with Crippen LogP contribution in [0.4, 0.5) is 4.79 Å². The molecule has 0 unspecified atom stereocenters. The Bertz CT molecular complexity index is 1180. The normalized spacial score (nSPS) is 15.5. The first kappa shape index (κ1) is 21.7. The first-order chi connectivity index (χ1) is 14.9. The second kappa shape index (κ2) is 9.28. The molecular weight excluding hydrogens is 474 g/mol. The largest absolute Gasteiger partial charge is 0.488 e. The molecule has 0 atom stereocenters. The number of carbonyl (C=O) groups excluding carboxylic acids is 2. The number of benzene rings is 3. The zero-order valence-electron chi connectivity index (χ0n) is 17.3. The molecule has 4 rings (SSSR count). The van der Waals surface area contributed by atoms with E-state index in [4.69, 9.17) is 4.74 Å². The lowest BCUT2D eigenvalue weighted by atomic mass is 10.1. The maximum Gasteiger partial charge on any atom is 0.293 e. The van der Waals surface area contributed by atoms with Gasteiger partial charge >= 0.3 is 0 Å². The number of nitrogens with zero attached hydrogens (tertiary/aromatic N) is 1. The number of ether oxygens (including phenoxy) is 1. The summed E-state index contributed by atoms with van der Waals surface area (Å²) in [4.78, 5) is 26.5.